The summed E-state index contributed by atoms with van der Waals surface area (Å²) >= 11 is 1.29. The molecule has 162 valence electrons. The Bertz CT molecular complexity index is 1320. The molecule has 32 heavy (non-hydrogen) atoms. The van der Waals surface area contributed by atoms with E-state index in [4.69, 9.17) is 9.47 Å². The predicted octanol–water partition coefficient (Wildman–Crippen LogP) is 4.73. The van der Waals surface area contributed by atoms with Crippen LogP contribution in [0.1, 0.15) is 20.8 Å². The lowest BCUT2D eigenvalue weighted by Crippen LogP contribution is -2.30. The van der Waals surface area contributed by atoms with E-state index in [1.807, 2.05) is 11.4 Å². The number of aromatic nitrogens is 1. The Balaban J connectivity index is 1.50. The molecule has 2 heterocycles. The number of methoxy groups -OCH3 is 2. The molecule has 8 heteroatoms. The van der Waals surface area contributed by atoms with Crippen LogP contribution in [0, 0.1) is 5.82 Å². The summed E-state index contributed by atoms with van der Waals surface area (Å²) in [5.74, 6) is -0.115. The van der Waals surface area contributed by atoms with Crippen molar-refractivity contribution in [3.05, 3.63) is 77.1 Å². The Morgan fingerprint density at radius 1 is 1.03 bits per heavy atom. The summed E-state index contributed by atoms with van der Waals surface area (Å²) in [7, 11) is 2.99. The second kappa shape index (κ2) is 9.15. The number of nitrogens with zero attached hydrogens (tertiary/aromatic N) is 1. The highest BCUT2D eigenvalue weighted by molar-refractivity contribution is 7.17. The molecule has 0 radical (unpaired) electrons. The van der Waals surface area contributed by atoms with Crippen LogP contribution >= 0.6 is 11.3 Å². The molecular weight excluding hydrogens is 431 g/mol. The molecule has 0 unspecified atom stereocenters. The standard InChI is InChI=1S/C24H19FN2O4S/c1-30-21-10-9-14(11-22(21)31-2)20(28)12-26-24(29)19-8-4-7-18(27-19)16-13-32-23-15(16)5-3-6-17(23)25/h3-11,13H,12H2,1-2H3,(H,26,29). The van der Waals surface area contributed by atoms with E-state index in [0.29, 0.717) is 27.5 Å². The maximum absolute atomic E-state index is 14.0. The smallest absolute Gasteiger partial charge is 0.270 e. The second-order valence-corrected chi connectivity index (χ2v) is 7.73. The highest BCUT2D eigenvalue weighted by Crippen LogP contribution is 2.34. The molecule has 6 nitrogen and oxygen atoms in total. The van der Waals surface area contributed by atoms with Gasteiger partial charge in [-0.2, -0.15) is 0 Å². The van der Waals surface area contributed by atoms with E-state index in [2.05, 4.69) is 10.3 Å². The predicted molar refractivity (Wildman–Crippen MR) is 121 cm³/mol. The van der Waals surface area contributed by atoms with Gasteiger partial charge in [-0.25, -0.2) is 9.37 Å². The van der Waals surface area contributed by atoms with Gasteiger partial charge in [-0.1, -0.05) is 18.2 Å². The topological polar surface area (TPSA) is 77.5 Å². The van der Waals surface area contributed by atoms with E-state index in [0.717, 1.165) is 10.9 Å². The van der Waals surface area contributed by atoms with Crippen LogP contribution in [0.2, 0.25) is 0 Å². The fraction of sp³-hybridized carbons (Fsp3) is 0.125. The fourth-order valence-electron chi connectivity index (χ4n) is 3.29. The third kappa shape index (κ3) is 4.17. The van der Waals surface area contributed by atoms with Gasteiger partial charge in [-0.3, -0.25) is 9.59 Å². The van der Waals surface area contributed by atoms with E-state index in [1.54, 1.807) is 42.5 Å². The van der Waals surface area contributed by atoms with Gasteiger partial charge in [-0.05, 0) is 36.4 Å². The Labute approximate surface area is 187 Å². The molecule has 0 spiro atoms. The number of fused-ring (bicyclic) bond motifs is 1. The molecule has 2 aromatic heterocycles. The van der Waals surface area contributed by atoms with Gasteiger partial charge in [0.1, 0.15) is 11.5 Å². The molecule has 0 saturated heterocycles. The van der Waals surface area contributed by atoms with E-state index in [1.165, 1.54) is 31.6 Å². The molecule has 0 saturated carbocycles. The van der Waals surface area contributed by atoms with Crippen molar-refractivity contribution in [1.82, 2.24) is 10.3 Å². The maximum atomic E-state index is 14.0. The van der Waals surface area contributed by atoms with Gasteiger partial charge in [0.15, 0.2) is 17.3 Å². The van der Waals surface area contributed by atoms with Gasteiger partial charge in [0, 0.05) is 21.9 Å². The molecule has 0 aliphatic heterocycles. The minimum atomic E-state index is -0.480. The number of carbonyl (C=O) groups excluding carboxylic acids is 2. The third-order valence-corrected chi connectivity index (χ3v) is 5.93. The molecule has 0 aliphatic carbocycles. The molecule has 1 N–H and O–H groups in total. The zero-order valence-corrected chi connectivity index (χ0v) is 18.2. The first-order chi connectivity index (χ1) is 15.5. The average Bonchev–Trinajstić information content (AvgIpc) is 3.27. The monoisotopic (exact) mass is 450 g/mol. The molecule has 0 atom stereocenters. The molecule has 1 amide bonds. The van der Waals surface area contributed by atoms with Gasteiger partial charge < -0.3 is 14.8 Å². The van der Waals surface area contributed by atoms with Crippen molar-refractivity contribution >= 4 is 33.1 Å². The largest absolute Gasteiger partial charge is 0.493 e. The lowest BCUT2D eigenvalue weighted by molar-refractivity contribution is 0.0901. The van der Waals surface area contributed by atoms with Crippen LogP contribution in [-0.2, 0) is 0 Å². The van der Waals surface area contributed by atoms with Crippen LogP contribution in [0.25, 0.3) is 21.3 Å². The number of hydrogen-bond donors (Lipinski definition) is 1. The van der Waals surface area contributed by atoms with Gasteiger partial charge in [0.25, 0.3) is 5.91 Å². The zero-order chi connectivity index (χ0) is 22.7. The number of amides is 1. The molecule has 0 aliphatic rings. The van der Waals surface area contributed by atoms with Crippen LogP contribution in [0.4, 0.5) is 4.39 Å². The van der Waals surface area contributed by atoms with Crippen molar-refractivity contribution in [1.29, 1.82) is 0 Å². The number of hydrogen-bond acceptors (Lipinski definition) is 6. The lowest BCUT2D eigenvalue weighted by Gasteiger charge is -2.10. The van der Waals surface area contributed by atoms with Gasteiger partial charge in [0.05, 0.1) is 31.2 Å². The third-order valence-electron chi connectivity index (χ3n) is 4.92. The van der Waals surface area contributed by atoms with Crippen LogP contribution in [0.3, 0.4) is 0 Å². The number of ether oxygens (including phenoxy) is 2. The van der Waals surface area contributed by atoms with Crippen LogP contribution in [0.15, 0.2) is 60.0 Å². The average molecular weight is 450 g/mol. The summed E-state index contributed by atoms with van der Waals surface area (Å²) in [6.07, 6.45) is 0. The highest BCUT2D eigenvalue weighted by atomic mass is 32.1. The zero-order valence-electron chi connectivity index (χ0n) is 17.3. The number of carbonyl (C=O) groups is 2. The molecule has 4 aromatic rings. The van der Waals surface area contributed by atoms with E-state index < -0.39 is 5.91 Å². The van der Waals surface area contributed by atoms with Crippen LogP contribution in [0.5, 0.6) is 11.5 Å². The number of nitrogens with one attached hydrogen (secondary N) is 1. The first kappa shape index (κ1) is 21.5. The number of rotatable bonds is 7. The maximum Gasteiger partial charge on any atom is 0.270 e. The Morgan fingerprint density at radius 3 is 2.59 bits per heavy atom. The second-order valence-electron chi connectivity index (χ2n) is 6.85. The van der Waals surface area contributed by atoms with Gasteiger partial charge in [0.2, 0.25) is 0 Å². The molecule has 0 bridgehead atoms. The number of benzene rings is 2. The SMILES string of the molecule is COc1ccc(C(=O)CNC(=O)c2cccc(-c3csc4c(F)cccc34)n2)cc1OC. The summed E-state index contributed by atoms with van der Waals surface area (Å²) in [6, 6.07) is 14.7. The summed E-state index contributed by atoms with van der Waals surface area (Å²) < 4.78 is 24.9. The highest BCUT2D eigenvalue weighted by Gasteiger charge is 2.16. The van der Waals surface area contributed by atoms with E-state index >= 15 is 0 Å². The Kier molecular flexibility index (Phi) is 6.13. The van der Waals surface area contributed by atoms with Crippen molar-refractivity contribution in [2.45, 2.75) is 0 Å². The fourth-order valence-corrected chi connectivity index (χ4v) is 4.26. The first-order valence-electron chi connectivity index (χ1n) is 9.68. The number of pyridine rings is 1. The van der Waals surface area contributed by atoms with Crippen molar-refractivity contribution in [2.75, 3.05) is 20.8 Å². The number of Topliss-reactive ketones (excluding diaryl/α,β-unsaturated/α-hetero) is 1. The van der Waals surface area contributed by atoms with Crippen LogP contribution < -0.4 is 14.8 Å². The molecule has 2 aromatic carbocycles. The molecular formula is C24H19FN2O4S. The van der Waals surface area contributed by atoms with Crippen molar-refractivity contribution in [3.63, 3.8) is 0 Å². The number of thiophene rings is 1. The van der Waals surface area contributed by atoms with Crippen LogP contribution in [-0.4, -0.2) is 37.4 Å². The number of halogens is 1. The normalized spacial score (nSPS) is 10.7. The summed E-state index contributed by atoms with van der Waals surface area (Å²) in [4.78, 5) is 29.6. The minimum absolute atomic E-state index is 0.165. The van der Waals surface area contributed by atoms with Crippen molar-refractivity contribution in [3.8, 4) is 22.8 Å². The minimum Gasteiger partial charge on any atom is -0.493 e. The van der Waals surface area contributed by atoms with Crippen molar-refractivity contribution < 1.29 is 23.5 Å². The van der Waals surface area contributed by atoms with Crippen molar-refractivity contribution in [2.24, 2.45) is 0 Å². The summed E-state index contributed by atoms with van der Waals surface area (Å²) in [5, 5.41) is 5.16. The van der Waals surface area contributed by atoms with Gasteiger partial charge in [-0.15, -0.1) is 11.3 Å². The molecule has 0 fully saturated rings. The Morgan fingerprint density at radius 2 is 1.81 bits per heavy atom. The summed E-state index contributed by atoms with van der Waals surface area (Å²) in [5.41, 5.74) is 1.86. The Hall–Kier alpha value is -3.78. The quantitative estimate of drug-likeness (QED) is 0.412. The van der Waals surface area contributed by atoms with E-state index in [9.17, 15) is 14.0 Å². The molecule has 4 rings (SSSR count). The first-order valence-corrected chi connectivity index (χ1v) is 10.6. The lowest BCUT2D eigenvalue weighted by atomic mass is 10.1. The van der Waals surface area contributed by atoms with E-state index in [-0.39, 0.29) is 23.8 Å². The summed E-state index contributed by atoms with van der Waals surface area (Å²) in [6.45, 7) is -0.202. The number of ketones is 1. The van der Waals surface area contributed by atoms with Gasteiger partial charge >= 0.3 is 0 Å².